The highest BCUT2D eigenvalue weighted by atomic mass is 16.7. The molecule has 1 aliphatic heterocycles. The third-order valence-corrected chi connectivity index (χ3v) is 9.05. The van der Waals surface area contributed by atoms with Crippen LogP contribution in [0.3, 0.4) is 0 Å². The first-order valence-electron chi connectivity index (χ1n) is 21.1. The van der Waals surface area contributed by atoms with E-state index < -0.39 is 22.6 Å². The van der Waals surface area contributed by atoms with Crippen LogP contribution in [0.5, 0.6) is 5.88 Å². The molecule has 2 aromatic rings. The van der Waals surface area contributed by atoms with Crippen molar-refractivity contribution in [2.24, 2.45) is 4.99 Å². The quantitative estimate of drug-likeness (QED) is 0.0473. The third kappa shape index (κ3) is 15.0. The average Bonchev–Trinajstić information content (AvgIpc) is 3.27. The largest absolute Gasteiger partial charge is 0.492 e. The maximum absolute atomic E-state index is 14.4. The van der Waals surface area contributed by atoms with Gasteiger partial charge in [-0.15, -0.1) is 9.46 Å². The SMILES string of the molecule is CCCOCCOCCOn1c(O)c2cc(NCCOCCOCCOC)c3c4c2c(c(=NCCOCCOCCOC)cc-4c(=O)n(OCCOCCOCCC)c3=O)c1=O. The van der Waals surface area contributed by atoms with Crippen LogP contribution in [-0.4, -0.2) is 174 Å². The second-order valence-corrected chi connectivity index (χ2v) is 13.6. The molecule has 20 heteroatoms. The predicted molar refractivity (Wildman–Crippen MR) is 230 cm³/mol. The summed E-state index contributed by atoms with van der Waals surface area (Å²) in [5.74, 6) is -0.550. The van der Waals surface area contributed by atoms with Crippen LogP contribution in [-0.2, 0) is 47.4 Å². The van der Waals surface area contributed by atoms with Crippen LogP contribution in [0, 0.1) is 0 Å². The van der Waals surface area contributed by atoms with Crippen molar-refractivity contribution < 1.29 is 62.2 Å². The van der Waals surface area contributed by atoms with E-state index in [4.69, 9.17) is 62.0 Å². The normalized spacial score (nSPS) is 12.2. The first-order chi connectivity index (χ1) is 30.4. The molecule has 4 rings (SSSR count). The zero-order chi connectivity index (χ0) is 44.4. The van der Waals surface area contributed by atoms with E-state index >= 15 is 0 Å². The molecule has 0 atom stereocenters. The van der Waals surface area contributed by atoms with Crippen molar-refractivity contribution in [3.63, 3.8) is 0 Å². The minimum absolute atomic E-state index is 0.0200. The highest BCUT2D eigenvalue weighted by molar-refractivity contribution is 6.18. The van der Waals surface area contributed by atoms with Crippen LogP contribution < -0.4 is 37.0 Å². The van der Waals surface area contributed by atoms with E-state index in [0.717, 1.165) is 17.6 Å². The van der Waals surface area contributed by atoms with Crippen LogP contribution in [0.15, 0.2) is 31.5 Å². The van der Waals surface area contributed by atoms with Crippen molar-refractivity contribution >= 4 is 27.2 Å². The number of nitrogens with one attached hydrogen (secondary N) is 1. The minimum Gasteiger partial charge on any atom is -0.492 e. The number of anilines is 1. The molecule has 0 spiro atoms. The topological polar surface area (TPSA) is 216 Å². The molecular formula is C42H64N4O16. The number of hydrogen-bond acceptors (Lipinski definition) is 18. The van der Waals surface area contributed by atoms with Gasteiger partial charge in [0.05, 0.1) is 134 Å². The van der Waals surface area contributed by atoms with E-state index in [2.05, 4.69) is 5.32 Å². The van der Waals surface area contributed by atoms with Gasteiger partial charge >= 0.3 is 0 Å². The number of pyridine rings is 2. The Hall–Kier alpha value is -4.22. The molecule has 0 amide bonds. The van der Waals surface area contributed by atoms with Crippen molar-refractivity contribution in [3.05, 3.63) is 48.6 Å². The summed E-state index contributed by atoms with van der Waals surface area (Å²) in [4.78, 5) is 59.3. The van der Waals surface area contributed by atoms with Crippen molar-refractivity contribution in [1.82, 2.24) is 9.46 Å². The standard InChI is InChI=1S/C42H64N4O16/c1-5-9-53-17-21-59-25-27-61-45-39(47)31-29-34(44-8-12-56-20-24-58-16-14-52-4)38-36-32(40(48)46(42(38)50)62-28-26-60-22-18-54-10-6-2)30-33(37(35(31)36)41(45)49)43-7-11-55-19-23-57-15-13-51-3/h29-30,43,48H,5-28H2,1-4H3. The molecule has 20 nitrogen and oxygen atoms in total. The van der Waals surface area contributed by atoms with Crippen LogP contribution in [0.2, 0.25) is 0 Å². The Balaban J connectivity index is 1.76. The summed E-state index contributed by atoms with van der Waals surface area (Å²) >= 11 is 0. The monoisotopic (exact) mass is 880 g/mol. The fraction of sp³-hybridized carbons (Fsp3) is 0.667. The zero-order valence-corrected chi connectivity index (χ0v) is 36.5. The van der Waals surface area contributed by atoms with Gasteiger partial charge in [0.25, 0.3) is 16.7 Å². The van der Waals surface area contributed by atoms with Crippen molar-refractivity contribution in [2.45, 2.75) is 26.7 Å². The number of benzene rings is 2. The molecule has 0 fully saturated rings. The lowest BCUT2D eigenvalue weighted by Crippen LogP contribution is -2.42. The molecule has 0 unspecified atom stereocenters. The minimum atomic E-state index is -0.785. The number of aromatic hydroxyl groups is 1. The maximum Gasteiger partial charge on any atom is 0.296 e. The molecule has 0 saturated heterocycles. The fourth-order valence-corrected chi connectivity index (χ4v) is 6.24. The van der Waals surface area contributed by atoms with Gasteiger partial charge in [-0.1, -0.05) is 13.8 Å². The number of ether oxygens (including phenoxy) is 10. The maximum atomic E-state index is 14.4. The summed E-state index contributed by atoms with van der Waals surface area (Å²) in [6.45, 7) is 10.4. The summed E-state index contributed by atoms with van der Waals surface area (Å²) in [5, 5.41) is 15.4. The number of rotatable bonds is 37. The average molecular weight is 881 g/mol. The van der Waals surface area contributed by atoms with Gasteiger partial charge in [0, 0.05) is 56.0 Å². The Morgan fingerprint density at radius 2 is 1.00 bits per heavy atom. The number of hydrogen-bond donors (Lipinski definition) is 2. The zero-order valence-electron chi connectivity index (χ0n) is 36.5. The van der Waals surface area contributed by atoms with Crippen molar-refractivity contribution in [2.75, 3.05) is 165 Å². The van der Waals surface area contributed by atoms with Crippen LogP contribution in [0.25, 0.3) is 32.7 Å². The summed E-state index contributed by atoms with van der Waals surface area (Å²) < 4.78 is 55.9. The van der Waals surface area contributed by atoms with E-state index in [1.165, 1.54) is 12.1 Å². The van der Waals surface area contributed by atoms with Gasteiger partial charge in [0.1, 0.15) is 13.2 Å². The lowest BCUT2D eigenvalue weighted by atomic mass is 9.90. The fourth-order valence-electron chi connectivity index (χ4n) is 6.24. The summed E-state index contributed by atoms with van der Waals surface area (Å²) in [5.41, 5.74) is -1.90. The molecule has 0 bridgehead atoms. The van der Waals surface area contributed by atoms with Gasteiger partial charge in [0.2, 0.25) is 5.88 Å². The third-order valence-electron chi connectivity index (χ3n) is 9.05. The van der Waals surface area contributed by atoms with Crippen LogP contribution >= 0.6 is 0 Å². The van der Waals surface area contributed by atoms with E-state index in [-0.39, 0.29) is 96.4 Å². The van der Waals surface area contributed by atoms with Crippen LogP contribution in [0.4, 0.5) is 5.69 Å². The summed E-state index contributed by atoms with van der Waals surface area (Å²) in [6.07, 6.45) is 1.76. The lowest BCUT2D eigenvalue weighted by molar-refractivity contribution is 0.00415. The van der Waals surface area contributed by atoms with Crippen LogP contribution in [0.1, 0.15) is 26.7 Å². The van der Waals surface area contributed by atoms with Crippen molar-refractivity contribution in [1.29, 1.82) is 0 Å². The lowest BCUT2D eigenvalue weighted by Gasteiger charge is -2.22. The van der Waals surface area contributed by atoms with Gasteiger partial charge in [-0.3, -0.25) is 19.4 Å². The van der Waals surface area contributed by atoms with E-state index in [1.807, 2.05) is 13.8 Å². The Morgan fingerprint density at radius 3 is 1.55 bits per heavy atom. The Labute approximate surface area is 360 Å². The Morgan fingerprint density at radius 1 is 0.532 bits per heavy atom. The van der Waals surface area contributed by atoms with Crippen molar-refractivity contribution in [3.8, 4) is 17.0 Å². The van der Waals surface area contributed by atoms with Gasteiger partial charge in [-0.25, -0.2) is 0 Å². The Kier molecular flexibility index (Phi) is 23.8. The molecule has 62 heavy (non-hydrogen) atoms. The molecule has 348 valence electrons. The van der Waals surface area contributed by atoms with E-state index in [0.29, 0.717) is 97.2 Å². The molecule has 0 radical (unpaired) electrons. The second kappa shape index (κ2) is 29.2. The first kappa shape index (κ1) is 50.4. The van der Waals surface area contributed by atoms with Gasteiger partial charge in [-0.2, -0.15) is 0 Å². The van der Waals surface area contributed by atoms with E-state index in [1.54, 1.807) is 14.2 Å². The number of aromatic nitrogens is 2. The smallest absolute Gasteiger partial charge is 0.296 e. The predicted octanol–water partition coefficient (Wildman–Crippen LogP) is 0.778. The molecule has 2 heterocycles. The Bertz CT molecular complexity index is 2060. The molecular weight excluding hydrogens is 816 g/mol. The van der Waals surface area contributed by atoms with Gasteiger partial charge < -0.3 is 67.5 Å². The number of methoxy groups -OCH3 is 2. The first-order valence-corrected chi connectivity index (χ1v) is 21.1. The molecule has 1 aliphatic carbocycles. The second-order valence-electron chi connectivity index (χ2n) is 13.6. The highest BCUT2D eigenvalue weighted by Gasteiger charge is 2.30. The summed E-state index contributed by atoms with van der Waals surface area (Å²) in [6, 6.07) is 2.97. The molecule has 2 aliphatic rings. The number of nitrogens with zero attached hydrogens (tertiary/aromatic N) is 3. The molecule has 1 aromatic heterocycles. The van der Waals surface area contributed by atoms with E-state index in [9.17, 15) is 19.5 Å². The molecule has 0 saturated carbocycles. The highest BCUT2D eigenvalue weighted by Crippen LogP contribution is 2.40. The van der Waals surface area contributed by atoms with Gasteiger partial charge in [0.15, 0.2) is 0 Å². The molecule has 1 aromatic carbocycles. The van der Waals surface area contributed by atoms with Gasteiger partial charge in [-0.05, 0) is 25.0 Å². The molecule has 2 N–H and O–H groups in total. The summed E-state index contributed by atoms with van der Waals surface area (Å²) in [7, 11) is 3.18.